The molecule has 1 fully saturated rings. The SMILES string of the molecule is C#CC(CC=C=O)N1CCCC1. The average molecular weight is 163 g/mol. The third-order valence-electron chi connectivity index (χ3n) is 2.20. The minimum absolute atomic E-state index is 0.106. The van der Waals surface area contributed by atoms with Crippen molar-refractivity contribution >= 4 is 5.94 Å². The number of rotatable bonds is 3. The van der Waals surface area contributed by atoms with Crippen LogP contribution in [-0.2, 0) is 4.79 Å². The van der Waals surface area contributed by atoms with Crippen molar-refractivity contribution in [3.63, 3.8) is 0 Å². The van der Waals surface area contributed by atoms with Crippen LogP contribution in [0.2, 0.25) is 0 Å². The molecule has 0 spiro atoms. The van der Waals surface area contributed by atoms with E-state index in [-0.39, 0.29) is 6.04 Å². The topological polar surface area (TPSA) is 20.3 Å². The normalized spacial score (nSPS) is 19.6. The summed E-state index contributed by atoms with van der Waals surface area (Å²) in [5.74, 6) is 4.45. The molecule has 0 bridgehead atoms. The number of terminal acetylenes is 1. The predicted octanol–water partition coefficient (Wildman–Crippen LogP) is 0.862. The average Bonchev–Trinajstić information content (AvgIpc) is 2.59. The molecule has 1 heterocycles. The Morgan fingerprint density at radius 2 is 2.17 bits per heavy atom. The van der Waals surface area contributed by atoms with Crippen molar-refractivity contribution in [2.75, 3.05) is 13.1 Å². The van der Waals surface area contributed by atoms with Gasteiger partial charge in [-0.3, -0.25) is 4.90 Å². The van der Waals surface area contributed by atoms with Crippen LogP contribution >= 0.6 is 0 Å². The zero-order valence-electron chi connectivity index (χ0n) is 7.12. The second kappa shape index (κ2) is 4.77. The quantitative estimate of drug-likeness (QED) is 0.454. The molecule has 1 unspecified atom stereocenters. The first-order chi connectivity index (χ1) is 5.88. The first-order valence-electron chi connectivity index (χ1n) is 4.28. The van der Waals surface area contributed by atoms with Crippen molar-refractivity contribution in [1.82, 2.24) is 4.90 Å². The summed E-state index contributed by atoms with van der Waals surface area (Å²) in [5, 5.41) is 0. The monoisotopic (exact) mass is 163 g/mol. The fourth-order valence-electron chi connectivity index (χ4n) is 1.54. The minimum atomic E-state index is 0.106. The summed E-state index contributed by atoms with van der Waals surface area (Å²) < 4.78 is 0. The Balaban J connectivity index is 2.44. The Bertz CT molecular complexity index is 216. The highest BCUT2D eigenvalue weighted by atomic mass is 16.1. The summed E-state index contributed by atoms with van der Waals surface area (Å²) in [7, 11) is 0. The van der Waals surface area contributed by atoms with Crippen molar-refractivity contribution < 1.29 is 4.79 Å². The van der Waals surface area contributed by atoms with Crippen molar-refractivity contribution in [1.29, 1.82) is 0 Å². The maximum atomic E-state index is 9.97. The van der Waals surface area contributed by atoms with Gasteiger partial charge in [0.15, 0.2) is 0 Å². The lowest BCUT2D eigenvalue weighted by atomic mass is 10.2. The molecule has 0 saturated carbocycles. The lowest BCUT2D eigenvalue weighted by Gasteiger charge is -2.20. The van der Waals surface area contributed by atoms with Crippen LogP contribution in [0.3, 0.4) is 0 Å². The zero-order valence-corrected chi connectivity index (χ0v) is 7.12. The van der Waals surface area contributed by atoms with Crippen LogP contribution in [0, 0.1) is 12.3 Å². The molecule has 12 heavy (non-hydrogen) atoms. The first-order valence-corrected chi connectivity index (χ1v) is 4.28. The molecule has 0 N–H and O–H groups in total. The van der Waals surface area contributed by atoms with E-state index in [0.29, 0.717) is 6.42 Å². The highest BCUT2D eigenvalue weighted by Gasteiger charge is 2.18. The summed E-state index contributed by atoms with van der Waals surface area (Å²) in [6, 6.07) is 0.106. The van der Waals surface area contributed by atoms with Gasteiger partial charge in [-0.15, -0.1) is 6.42 Å². The fraction of sp³-hybridized carbons (Fsp3) is 0.600. The van der Waals surface area contributed by atoms with E-state index >= 15 is 0 Å². The van der Waals surface area contributed by atoms with E-state index in [1.54, 1.807) is 5.94 Å². The van der Waals surface area contributed by atoms with Crippen LogP contribution in [0.25, 0.3) is 0 Å². The Morgan fingerprint density at radius 1 is 1.50 bits per heavy atom. The standard InChI is InChI=1S/C10H13NO/c1-2-10(6-5-9-12)11-7-3-4-8-11/h1,5,10H,3-4,6-8H2. The van der Waals surface area contributed by atoms with Crippen LogP contribution < -0.4 is 0 Å². The maximum absolute atomic E-state index is 9.97. The van der Waals surface area contributed by atoms with Crippen molar-refractivity contribution in [3.05, 3.63) is 6.08 Å². The molecule has 64 valence electrons. The van der Waals surface area contributed by atoms with Gasteiger partial charge in [0.25, 0.3) is 0 Å². The summed E-state index contributed by atoms with van der Waals surface area (Å²) in [5.41, 5.74) is 0. The zero-order chi connectivity index (χ0) is 8.81. The van der Waals surface area contributed by atoms with Gasteiger partial charge in [-0.05, 0) is 25.9 Å². The van der Waals surface area contributed by atoms with Crippen LogP contribution in [0.5, 0.6) is 0 Å². The van der Waals surface area contributed by atoms with Gasteiger partial charge in [0.2, 0.25) is 0 Å². The maximum Gasteiger partial charge on any atom is 0.120 e. The van der Waals surface area contributed by atoms with Crippen LogP contribution in [0.15, 0.2) is 6.08 Å². The van der Waals surface area contributed by atoms with E-state index < -0.39 is 0 Å². The molecule has 1 atom stereocenters. The minimum Gasteiger partial charge on any atom is -0.290 e. The summed E-state index contributed by atoms with van der Waals surface area (Å²) in [4.78, 5) is 12.2. The highest BCUT2D eigenvalue weighted by molar-refractivity contribution is 5.45. The molecule has 1 saturated heterocycles. The highest BCUT2D eigenvalue weighted by Crippen LogP contribution is 2.13. The molecule has 0 amide bonds. The molecule has 0 aromatic rings. The summed E-state index contributed by atoms with van der Waals surface area (Å²) in [6.07, 6.45) is 9.92. The molecule has 2 nitrogen and oxygen atoms in total. The van der Waals surface area contributed by atoms with Crippen LogP contribution in [-0.4, -0.2) is 30.0 Å². The summed E-state index contributed by atoms with van der Waals surface area (Å²) in [6.45, 7) is 2.14. The van der Waals surface area contributed by atoms with Crippen LogP contribution in [0.4, 0.5) is 0 Å². The molecular formula is C10H13NO. The van der Waals surface area contributed by atoms with Gasteiger partial charge in [-0.2, -0.15) is 0 Å². The van der Waals surface area contributed by atoms with Gasteiger partial charge < -0.3 is 0 Å². The van der Waals surface area contributed by atoms with Crippen molar-refractivity contribution in [2.24, 2.45) is 0 Å². The van der Waals surface area contributed by atoms with E-state index in [1.807, 2.05) is 0 Å². The van der Waals surface area contributed by atoms with Gasteiger partial charge >= 0.3 is 0 Å². The first kappa shape index (κ1) is 9.06. The van der Waals surface area contributed by atoms with Gasteiger partial charge in [-0.1, -0.05) is 5.92 Å². The Labute approximate surface area is 73.2 Å². The number of likely N-dealkylation sites (tertiary alicyclic amines) is 1. The Hall–Kier alpha value is -1.03. The molecule has 0 aromatic heterocycles. The number of hydrogen-bond acceptors (Lipinski definition) is 2. The Kier molecular flexibility index (Phi) is 3.60. The molecule has 1 aliphatic rings. The van der Waals surface area contributed by atoms with E-state index in [2.05, 4.69) is 10.8 Å². The molecule has 1 rings (SSSR count). The number of hydrogen-bond donors (Lipinski definition) is 0. The van der Waals surface area contributed by atoms with E-state index in [4.69, 9.17) is 6.42 Å². The third kappa shape index (κ3) is 2.23. The number of nitrogens with zero attached hydrogens (tertiary/aromatic N) is 1. The van der Waals surface area contributed by atoms with E-state index in [1.165, 1.54) is 18.9 Å². The molecule has 1 aliphatic heterocycles. The molecular weight excluding hydrogens is 150 g/mol. The van der Waals surface area contributed by atoms with E-state index in [9.17, 15) is 4.79 Å². The molecule has 0 aromatic carbocycles. The second-order valence-corrected chi connectivity index (χ2v) is 2.98. The van der Waals surface area contributed by atoms with Gasteiger partial charge in [0, 0.05) is 12.5 Å². The lowest BCUT2D eigenvalue weighted by Crippen LogP contribution is -2.30. The Morgan fingerprint density at radius 3 is 2.67 bits per heavy atom. The smallest absolute Gasteiger partial charge is 0.120 e. The van der Waals surface area contributed by atoms with E-state index in [0.717, 1.165) is 13.1 Å². The predicted molar refractivity (Wildman–Crippen MR) is 48.3 cm³/mol. The second-order valence-electron chi connectivity index (χ2n) is 2.98. The fourth-order valence-corrected chi connectivity index (χ4v) is 1.54. The van der Waals surface area contributed by atoms with Crippen LogP contribution in [0.1, 0.15) is 19.3 Å². The lowest BCUT2D eigenvalue weighted by molar-refractivity contribution is 0.293. The molecule has 0 radical (unpaired) electrons. The number of carbonyl (C=O) groups excluding carboxylic acids is 1. The molecule has 2 heteroatoms. The largest absolute Gasteiger partial charge is 0.290 e. The van der Waals surface area contributed by atoms with Gasteiger partial charge in [-0.25, -0.2) is 4.79 Å². The van der Waals surface area contributed by atoms with Gasteiger partial charge in [0.1, 0.15) is 5.94 Å². The van der Waals surface area contributed by atoms with Gasteiger partial charge in [0.05, 0.1) is 6.04 Å². The van der Waals surface area contributed by atoms with Crippen molar-refractivity contribution in [2.45, 2.75) is 25.3 Å². The summed E-state index contributed by atoms with van der Waals surface area (Å²) >= 11 is 0. The van der Waals surface area contributed by atoms with Crippen molar-refractivity contribution in [3.8, 4) is 12.3 Å². The third-order valence-corrected chi connectivity index (χ3v) is 2.20. The molecule has 0 aliphatic carbocycles.